The van der Waals surface area contributed by atoms with Crippen LogP contribution in [0.4, 0.5) is 0 Å². The number of hydrogen-bond donors (Lipinski definition) is 4. The molecule has 2 atom stereocenters. The molecular weight excluding hydrogens is 808 g/mol. The predicted octanol–water partition coefficient (Wildman–Crippen LogP) is 10.8. The Bertz CT molecular complexity index is 1380. The van der Waals surface area contributed by atoms with Crippen LogP contribution >= 0.6 is 7.82 Å². The number of rotatable bonds is 42. The second-order valence-corrected chi connectivity index (χ2v) is 17.8. The Labute approximate surface area is 375 Å². The molecule has 0 fully saturated rings. The summed E-state index contributed by atoms with van der Waals surface area (Å²) in [6, 6.07) is 5.61. The van der Waals surface area contributed by atoms with Crippen molar-refractivity contribution >= 4 is 38.2 Å². The molecule has 12 nitrogen and oxygen atoms in total. The molecule has 0 aliphatic rings. The smallest absolute Gasteiger partial charge is 0.462 e. The van der Waals surface area contributed by atoms with E-state index in [0.717, 1.165) is 77.0 Å². The molecule has 1 aromatic carbocycles. The SMILES string of the molecule is CCCCCCCC/C=C\CCCCCCCC(=O)OCC(COP(=O)(O)OCCNC(=O)c1ccc(B(O)O)cc1)OC(=O)CCCCCCC/C=C\CCCCCCCC. The minimum absolute atomic E-state index is 0.126. The first-order valence-electron chi connectivity index (χ1n) is 24.1. The van der Waals surface area contributed by atoms with E-state index < -0.39 is 45.5 Å². The first-order chi connectivity index (χ1) is 30.1. The van der Waals surface area contributed by atoms with Crippen LogP contribution in [0.1, 0.15) is 204 Å². The predicted molar refractivity (Wildman–Crippen MR) is 250 cm³/mol. The molecule has 0 spiro atoms. The summed E-state index contributed by atoms with van der Waals surface area (Å²) in [4.78, 5) is 48.0. The molecule has 0 aliphatic carbocycles. The number of phosphoric ester groups is 1. The Morgan fingerprint density at radius 2 is 1.05 bits per heavy atom. The highest BCUT2D eigenvalue weighted by Gasteiger charge is 2.26. The van der Waals surface area contributed by atoms with E-state index in [2.05, 4.69) is 43.5 Å². The molecule has 0 aromatic heterocycles. The number of hydrogen-bond acceptors (Lipinski definition) is 10. The summed E-state index contributed by atoms with van der Waals surface area (Å²) >= 11 is 0. The standard InChI is InChI=1S/C48H83BNO11P/c1-3-5-7-9-11-13-15-17-19-21-23-25-27-29-31-33-46(51)58-41-45(61-47(52)34-32-30-28-26-24-22-20-18-16-14-12-10-8-6-4-2)42-60-62(56,57)59-40-39-50-48(53)43-35-37-44(38-36-43)49(54)55/h17-20,35-38,45,54-55H,3-16,21-34,39-42H2,1-2H3,(H,50,53)(H,56,57)/b19-17-,20-18-. The molecule has 1 rings (SSSR count). The number of allylic oxidation sites excluding steroid dienone is 4. The summed E-state index contributed by atoms with van der Waals surface area (Å²) < 4.78 is 33.7. The van der Waals surface area contributed by atoms with Gasteiger partial charge >= 0.3 is 26.9 Å². The molecule has 0 aliphatic heterocycles. The summed E-state index contributed by atoms with van der Waals surface area (Å²) in [5.41, 5.74) is 0.472. The van der Waals surface area contributed by atoms with Gasteiger partial charge in [-0.3, -0.25) is 23.4 Å². The van der Waals surface area contributed by atoms with E-state index in [0.29, 0.717) is 12.8 Å². The Morgan fingerprint density at radius 1 is 0.613 bits per heavy atom. The fraction of sp³-hybridized carbons (Fsp3) is 0.729. The molecule has 62 heavy (non-hydrogen) atoms. The lowest BCUT2D eigenvalue weighted by Gasteiger charge is -2.20. The van der Waals surface area contributed by atoms with Crippen LogP contribution in [-0.4, -0.2) is 72.4 Å². The van der Waals surface area contributed by atoms with Crippen LogP contribution in [-0.2, 0) is 32.7 Å². The van der Waals surface area contributed by atoms with Crippen molar-refractivity contribution in [3.8, 4) is 0 Å². The largest absolute Gasteiger partial charge is 0.488 e. The summed E-state index contributed by atoms with van der Waals surface area (Å²) in [7, 11) is -6.29. The van der Waals surface area contributed by atoms with E-state index in [4.69, 9.17) is 18.5 Å². The number of unbranched alkanes of at least 4 members (excludes halogenated alkanes) is 22. The van der Waals surface area contributed by atoms with E-state index >= 15 is 0 Å². The maximum absolute atomic E-state index is 12.8. The van der Waals surface area contributed by atoms with Crippen LogP contribution in [0.2, 0.25) is 0 Å². The fourth-order valence-corrected chi connectivity index (χ4v) is 7.50. The number of carbonyl (C=O) groups excluding carboxylic acids is 3. The van der Waals surface area contributed by atoms with E-state index in [-0.39, 0.29) is 43.6 Å². The van der Waals surface area contributed by atoms with Crippen LogP contribution in [0.25, 0.3) is 0 Å². The normalized spacial score (nSPS) is 13.0. The van der Waals surface area contributed by atoms with Gasteiger partial charge in [0.05, 0.1) is 13.2 Å². The molecule has 4 N–H and O–H groups in total. The molecular formula is C48H83BNO11P. The molecule has 0 saturated heterocycles. The quantitative estimate of drug-likeness (QED) is 0.0161. The third-order valence-corrected chi connectivity index (χ3v) is 11.5. The molecule has 0 bridgehead atoms. The van der Waals surface area contributed by atoms with Crippen molar-refractivity contribution in [2.75, 3.05) is 26.4 Å². The number of nitrogens with one attached hydrogen (secondary N) is 1. The zero-order chi connectivity index (χ0) is 45.4. The van der Waals surface area contributed by atoms with Crippen molar-refractivity contribution in [3.05, 3.63) is 54.1 Å². The van der Waals surface area contributed by atoms with Gasteiger partial charge in [0.25, 0.3) is 5.91 Å². The Morgan fingerprint density at radius 3 is 1.52 bits per heavy atom. The van der Waals surface area contributed by atoms with Gasteiger partial charge in [-0.15, -0.1) is 0 Å². The molecule has 0 heterocycles. The maximum Gasteiger partial charge on any atom is 0.488 e. The highest BCUT2D eigenvalue weighted by atomic mass is 31.2. The van der Waals surface area contributed by atoms with Gasteiger partial charge in [0.2, 0.25) is 0 Å². The van der Waals surface area contributed by atoms with E-state index in [9.17, 15) is 33.9 Å². The van der Waals surface area contributed by atoms with E-state index in [1.165, 1.54) is 101 Å². The second-order valence-electron chi connectivity index (χ2n) is 16.3. The van der Waals surface area contributed by atoms with E-state index in [1.54, 1.807) is 0 Å². The van der Waals surface area contributed by atoms with Crippen molar-refractivity contribution < 1.29 is 52.4 Å². The molecule has 2 unspecified atom stereocenters. The van der Waals surface area contributed by atoms with Crippen LogP contribution in [0.15, 0.2) is 48.6 Å². The lowest BCUT2D eigenvalue weighted by molar-refractivity contribution is -0.161. The van der Waals surface area contributed by atoms with Gasteiger partial charge in [0, 0.05) is 24.9 Å². The van der Waals surface area contributed by atoms with Gasteiger partial charge in [-0.25, -0.2) is 4.57 Å². The Hall–Kier alpha value is -2.80. The zero-order valence-electron chi connectivity index (χ0n) is 38.5. The highest BCUT2D eigenvalue weighted by Crippen LogP contribution is 2.43. The van der Waals surface area contributed by atoms with Crippen LogP contribution in [0.5, 0.6) is 0 Å². The van der Waals surface area contributed by atoms with Gasteiger partial charge in [-0.05, 0) is 81.8 Å². The van der Waals surface area contributed by atoms with E-state index in [1.807, 2.05) is 0 Å². The third-order valence-electron chi connectivity index (χ3n) is 10.6. The number of carbonyl (C=O) groups is 3. The summed E-state index contributed by atoms with van der Waals surface area (Å²) in [6.07, 6.45) is 38.1. The minimum atomic E-state index is -4.63. The minimum Gasteiger partial charge on any atom is -0.462 e. The van der Waals surface area contributed by atoms with Gasteiger partial charge in [0.1, 0.15) is 6.61 Å². The first-order valence-corrected chi connectivity index (χ1v) is 25.6. The monoisotopic (exact) mass is 892 g/mol. The lowest BCUT2D eigenvalue weighted by atomic mass is 9.80. The summed E-state index contributed by atoms with van der Waals surface area (Å²) in [5.74, 6) is -1.45. The van der Waals surface area contributed by atoms with Crippen molar-refractivity contribution in [2.45, 2.75) is 200 Å². The van der Waals surface area contributed by atoms with Gasteiger partial charge in [0.15, 0.2) is 6.10 Å². The molecule has 0 radical (unpaired) electrons. The number of ether oxygens (including phenoxy) is 2. The van der Waals surface area contributed by atoms with Crippen LogP contribution in [0.3, 0.4) is 0 Å². The fourth-order valence-electron chi connectivity index (χ4n) is 6.75. The number of amides is 1. The Balaban J connectivity index is 2.43. The van der Waals surface area contributed by atoms with Crippen molar-refractivity contribution in [2.24, 2.45) is 0 Å². The summed E-state index contributed by atoms with van der Waals surface area (Å²) in [5, 5.41) is 21.0. The summed E-state index contributed by atoms with van der Waals surface area (Å²) in [6.45, 7) is 3.12. The molecule has 14 heteroatoms. The van der Waals surface area contributed by atoms with Crippen LogP contribution < -0.4 is 10.8 Å². The Kier molecular flexibility index (Phi) is 36.7. The van der Waals surface area contributed by atoms with Crippen LogP contribution in [0, 0.1) is 0 Å². The number of esters is 2. The van der Waals surface area contributed by atoms with Crippen molar-refractivity contribution in [3.63, 3.8) is 0 Å². The molecule has 1 aromatic rings. The van der Waals surface area contributed by atoms with Gasteiger partial charge in [-0.1, -0.05) is 153 Å². The van der Waals surface area contributed by atoms with Crippen molar-refractivity contribution in [1.82, 2.24) is 5.32 Å². The zero-order valence-corrected chi connectivity index (χ0v) is 39.4. The maximum atomic E-state index is 12.8. The third kappa shape index (κ3) is 34.7. The molecule has 354 valence electrons. The first kappa shape index (κ1) is 57.2. The highest BCUT2D eigenvalue weighted by molar-refractivity contribution is 7.47. The topological polar surface area (TPSA) is 178 Å². The molecule has 0 saturated carbocycles. The average Bonchev–Trinajstić information content (AvgIpc) is 3.26. The number of benzene rings is 1. The number of phosphoric acid groups is 1. The lowest BCUT2D eigenvalue weighted by Crippen LogP contribution is -2.31. The van der Waals surface area contributed by atoms with Crippen molar-refractivity contribution in [1.29, 1.82) is 0 Å². The average molecular weight is 892 g/mol. The molecule has 1 amide bonds. The van der Waals surface area contributed by atoms with Gasteiger partial charge < -0.3 is 29.7 Å². The van der Waals surface area contributed by atoms with Gasteiger partial charge in [-0.2, -0.15) is 0 Å². The second kappa shape index (κ2) is 39.8.